The number of halogens is 1. The van der Waals surface area contributed by atoms with Crippen molar-refractivity contribution in [2.45, 2.75) is 6.92 Å². The molecule has 0 radical (unpaired) electrons. The molecule has 1 aliphatic rings. The zero-order valence-corrected chi connectivity index (χ0v) is 18.3. The number of hydrogen-bond acceptors (Lipinski definition) is 6. The van der Waals surface area contributed by atoms with Crippen LogP contribution in [0.2, 0.25) is 5.02 Å². The van der Waals surface area contributed by atoms with E-state index in [4.69, 9.17) is 38.0 Å². The quantitative estimate of drug-likeness (QED) is 0.430. The van der Waals surface area contributed by atoms with Crippen molar-refractivity contribution in [2.75, 3.05) is 26.2 Å². The van der Waals surface area contributed by atoms with E-state index in [0.29, 0.717) is 33.5 Å². The van der Waals surface area contributed by atoms with Gasteiger partial charge in [-0.25, -0.2) is 0 Å². The van der Waals surface area contributed by atoms with E-state index >= 15 is 0 Å². The summed E-state index contributed by atoms with van der Waals surface area (Å²) in [4.78, 5) is 27.0. The maximum absolute atomic E-state index is 13.2. The molecule has 3 rings (SSSR count). The standard InChI is InChI=1S/C21H19ClN2O5S/c1-11-5-6-13(9-15(11)22)24-20(26)14(19(25)23-21(24)30)7-12-8-17(28-3)18(29-4)10-16(12)27-2/h5-10H,1-4H3,(H,23,25,30)/b14-7+. The Morgan fingerprint density at radius 3 is 2.23 bits per heavy atom. The van der Waals surface area contributed by atoms with Gasteiger partial charge in [0.2, 0.25) is 0 Å². The molecule has 2 aromatic rings. The van der Waals surface area contributed by atoms with Crippen LogP contribution in [-0.2, 0) is 9.59 Å². The van der Waals surface area contributed by atoms with E-state index in [1.54, 1.807) is 30.3 Å². The fraction of sp³-hybridized carbons (Fsp3) is 0.190. The molecule has 30 heavy (non-hydrogen) atoms. The predicted molar refractivity (Wildman–Crippen MR) is 118 cm³/mol. The second-order valence-corrected chi connectivity index (χ2v) is 7.13. The number of methoxy groups -OCH3 is 3. The van der Waals surface area contributed by atoms with Crippen LogP contribution in [0.4, 0.5) is 5.69 Å². The highest BCUT2D eigenvalue weighted by Crippen LogP contribution is 2.36. The summed E-state index contributed by atoms with van der Waals surface area (Å²) < 4.78 is 16.0. The lowest BCUT2D eigenvalue weighted by Gasteiger charge is -2.29. The molecule has 0 saturated carbocycles. The summed E-state index contributed by atoms with van der Waals surface area (Å²) in [6, 6.07) is 8.32. The number of carbonyl (C=O) groups is 2. The smallest absolute Gasteiger partial charge is 0.270 e. The molecular formula is C21H19ClN2O5S. The van der Waals surface area contributed by atoms with Gasteiger partial charge in [-0.2, -0.15) is 0 Å². The number of nitrogens with one attached hydrogen (secondary N) is 1. The SMILES string of the molecule is COc1cc(OC)c(OC)cc1/C=C1\C(=O)NC(=S)N(c2ccc(C)c(Cl)c2)C1=O. The minimum atomic E-state index is -0.615. The Kier molecular flexibility index (Phi) is 6.28. The van der Waals surface area contributed by atoms with Gasteiger partial charge in [0, 0.05) is 16.7 Å². The van der Waals surface area contributed by atoms with Crippen molar-refractivity contribution < 1.29 is 23.8 Å². The summed E-state index contributed by atoms with van der Waals surface area (Å²) in [6.45, 7) is 1.85. The Balaban J connectivity index is 2.10. The Labute approximate surface area is 184 Å². The molecule has 1 N–H and O–H groups in total. The van der Waals surface area contributed by atoms with Gasteiger partial charge in [0.05, 0.1) is 27.0 Å². The molecule has 2 aromatic carbocycles. The van der Waals surface area contributed by atoms with Crippen molar-refractivity contribution in [1.82, 2.24) is 5.32 Å². The maximum Gasteiger partial charge on any atom is 0.270 e. The average Bonchev–Trinajstić information content (AvgIpc) is 2.72. The highest BCUT2D eigenvalue weighted by molar-refractivity contribution is 7.80. The first-order valence-electron chi connectivity index (χ1n) is 8.78. The van der Waals surface area contributed by atoms with Gasteiger partial charge in [-0.1, -0.05) is 17.7 Å². The molecule has 1 fully saturated rings. The number of anilines is 1. The second-order valence-electron chi connectivity index (χ2n) is 6.34. The normalized spacial score (nSPS) is 15.3. The molecule has 1 saturated heterocycles. The van der Waals surface area contributed by atoms with Crippen LogP contribution < -0.4 is 24.4 Å². The van der Waals surface area contributed by atoms with E-state index in [9.17, 15) is 9.59 Å². The lowest BCUT2D eigenvalue weighted by Crippen LogP contribution is -2.54. The maximum atomic E-state index is 13.2. The number of hydrogen-bond donors (Lipinski definition) is 1. The first kappa shape index (κ1) is 21.6. The van der Waals surface area contributed by atoms with Crippen LogP contribution in [-0.4, -0.2) is 38.3 Å². The first-order valence-corrected chi connectivity index (χ1v) is 9.57. The number of carbonyl (C=O) groups excluding carboxylic acids is 2. The molecule has 2 amide bonds. The third-order valence-corrected chi connectivity index (χ3v) is 5.24. The predicted octanol–water partition coefficient (Wildman–Crippen LogP) is 3.51. The van der Waals surface area contributed by atoms with Gasteiger partial charge in [-0.3, -0.25) is 19.8 Å². The number of nitrogens with zero attached hydrogens (tertiary/aromatic N) is 1. The van der Waals surface area contributed by atoms with E-state index in [1.165, 1.54) is 32.3 Å². The van der Waals surface area contributed by atoms with Crippen LogP contribution in [0, 0.1) is 6.92 Å². The van der Waals surface area contributed by atoms with Gasteiger partial charge >= 0.3 is 0 Å². The van der Waals surface area contributed by atoms with Crippen LogP contribution in [0.25, 0.3) is 6.08 Å². The Bertz CT molecular complexity index is 1080. The third kappa shape index (κ3) is 3.96. The Hall–Kier alpha value is -3.10. The number of benzene rings is 2. The van der Waals surface area contributed by atoms with Crippen molar-refractivity contribution >= 4 is 52.5 Å². The highest BCUT2D eigenvalue weighted by Gasteiger charge is 2.35. The lowest BCUT2D eigenvalue weighted by molar-refractivity contribution is -0.122. The van der Waals surface area contributed by atoms with E-state index in [2.05, 4.69) is 5.32 Å². The lowest BCUT2D eigenvalue weighted by atomic mass is 10.1. The van der Waals surface area contributed by atoms with Crippen molar-refractivity contribution in [3.63, 3.8) is 0 Å². The van der Waals surface area contributed by atoms with E-state index in [0.717, 1.165) is 5.56 Å². The highest BCUT2D eigenvalue weighted by atomic mass is 35.5. The molecule has 0 spiro atoms. The van der Waals surface area contributed by atoms with Gasteiger partial charge in [-0.05, 0) is 49.0 Å². The molecule has 0 bridgehead atoms. The van der Waals surface area contributed by atoms with Gasteiger partial charge in [-0.15, -0.1) is 0 Å². The van der Waals surface area contributed by atoms with E-state index in [1.807, 2.05) is 6.92 Å². The number of aryl methyl sites for hydroxylation is 1. The fourth-order valence-electron chi connectivity index (χ4n) is 2.93. The first-order chi connectivity index (χ1) is 14.3. The minimum absolute atomic E-state index is 0.0265. The van der Waals surface area contributed by atoms with Crippen LogP contribution in [0.5, 0.6) is 17.2 Å². The van der Waals surface area contributed by atoms with E-state index in [-0.39, 0.29) is 10.7 Å². The summed E-state index contributed by atoms with van der Waals surface area (Å²) in [7, 11) is 4.46. The van der Waals surface area contributed by atoms with Crippen LogP contribution in [0.1, 0.15) is 11.1 Å². The van der Waals surface area contributed by atoms with Crippen molar-refractivity contribution in [1.29, 1.82) is 0 Å². The molecule has 0 aliphatic carbocycles. The van der Waals surface area contributed by atoms with E-state index < -0.39 is 11.8 Å². The topological polar surface area (TPSA) is 77.1 Å². The molecule has 0 unspecified atom stereocenters. The average molecular weight is 447 g/mol. The molecule has 0 aromatic heterocycles. The number of thiocarbonyl (C=S) groups is 1. The van der Waals surface area contributed by atoms with Crippen molar-refractivity contribution in [2.24, 2.45) is 0 Å². The summed E-state index contributed by atoms with van der Waals surface area (Å²) in [5.74, 6) is 0.0789. The van der Waals surface area contributed by atoms with Gasteiger partial charge < -0.3 is 14.2 Å². The molecular weight excluding hydrogens is 428 g/mol. The van der Waals surface area contributed by atoms with Crippen LogP contribution in [0.3, 0.4) is 0 Å². The molecule has 156 valence electrons. The monoisotopic (exact) mass is 446 g/mol. The van der Waals surface area contributed by atoms with Crippen LogP contribution in [0.15, 0.2) is 35.9 Å². The zero-order valence-electron chi connectivity index (χ0n) is 16.7. The molecule has 1 heterocycles. The second kappa shape index (κ2) is 8.73. The van der Waals surface area contributed by atoms with Crippen LogP contribution >= 0.6 is 23.8 Å². The molecule has 0 atom stereocenters. The van der Waals surface area contributed by atoms with Crippen molar-refractivity contribution in [3.8, 4) is 17.2 Å². The largest absolute Gasteiger partial charge is 0.496 e. The van der Waals surface area contributed by atoms with Gasteiger partial charge in [0.15, 0.2) is 16.6 Å². The molecule has 1 aliphatic heterocycles. The van der Waals surface area contributed by atoms with Crippen molar-refractivity contribution in [3.05, 3.63) is 52.1 Å². The zero-order chi connectivity index (χ0) is 22.0. The fourth-order valence-corrected chi connectivity index (χ4v) is 3.39. The molecule has 9 heteroatoms. The summed E-state index contributed by atoms with van der Waals surface area (Å²) >= 11 is 11.4. The summed E-state index contributed by atoms with van der Waals surface area (Å²) in [5, 5.41) is 2.99. The third-order valence-electron chi connectivity index (χ3n) is 4.55. The number of rotatable bonds is 5. The summed E-state index contributed by atoms with van der Waals surface area (Å²) in [6.07, 6.45) is 1.42. The van der Waals surface area contributed by atoms with Gasteiger partial charge in [0.1, 0.15) is 11.3 Å². The van der Waals surface area contributed by atoms with Gasteiger partial charge in [0.25, 0.3) is 11.8 Å². The minimum Gasteiger partial charge on any atom is -0.496 e. The Morgan fingerprint density at radius 1 is 1.00 bits per heavy atom. The number of ether oxygens (including phenoxy) is 3. The number of amides is 2. The molecule has 7 nitrogen and oxygen atoms in total. The summed E-state index contributed by atoms with van der Waals surface area (Å²) in [5.41, 5.74) is 1.64. The Morgan fingerprint density at radius 2 is 1.63 bits per heavy atom.